The van der Waals surface area contributed by atoms with Crippen LogP contribution in [0.25, 0.3) is 0 Å². The maximum Gasteiger partial charge on any atom is 0.283 e. The Morgan fingerprint density at radius 2 is 2.07 bits per heavy atom. The molecule has 0 heterocycles. The van der Waals surface area contributed by atoms with Crippen LogP contribution in [0.3, 0.4) is 0 Å². The van der Waals surface area contributed by atoms with Gasteiger partial charge in [0.25, 0.3) is 10.9 Å². The van der Waals surface area contributed by atoms with Gasteiger partial charge in [-0.3, -0.25) is 14.9 Å². The molecule has 0 aliphatic heterocycles. The fraction of sp³-hybridized carbons (Fsp3) is 0.222. The number of carbonyl (C=O) groups excluding carboxylic acids is 1. The summed E-state index contributed by atoms with van der Waals surface area (Å²) in [5.41, 5.74) is 0.0234. The number of benzene rings is 1. The lowest BCUT2D eigenvalue weighted by molar-refractivity contribution is -0.384. The average molecular weight is 226 g/mol. The van der Waals surface area contributed by atoms with Crippen molar-refractivity contribution in [2.45, 2.75) is 11.8 Å². The zero-order valence-electron chi connectivity index (χ0n) is 8.10. The number of thioether (sulfide) groups is 1. The maximum absolute atomic E-state index is 11.1. The molecule has 80 valence electrons. The summed E-state index contributed by atoms with van der Waals surface area (Å²) in [6, 6.07) is 5.86. The van der Waals surface area contributed by atoms with Crippen molar-refractivity contribution in [2.75, 3.05) is 6.54 Å². The molecule has 5 nitrogen and oxygen atoms in total. The zero-order chi connectivity index (χ0) is 11.3. The lowest BCUT2D eigenvalue weighted by atomic mass is 10.3. The third-order valence-corrected chi connectivity index (χ3v) is 2.42. The quantitative estimate of drug-likeness (QED) is 0.488. The average Bonchev–Trinajstić information content (AvgIpc) is 2.18. The molecule has 0 radical (unpaired) electrons. The molecule has 1 amide bonds. The SMILES string of the molecule is CCNC(=O)Sc1ccc([N+](=O)[O-])cc1. The third-order valence-electron chi connectivity index (χ3n) is 1.58. The first-order valence-electron chi connectivity index (χ1n) is 4.33. The molecule has 0 saturated carbocycles. The second kappa shape index (κ2) is 5.35. The molecule has 6 heteroatoms. The molecule has 0 aromatic heterocycles. The fourth-order valence-corrected chi connectivity index (χ4v) is 1.63. The van der Waals surface area contributed by atoms with Crippen LogP contribution in [0.5, 0.6) is 0 Å². The molecule has 0 spiro atoms. The van der Waals surface area contributed by atoms with Gasteiger partial charge in [-0.25, -0.2) is 0 Å². The predicted octanol–water partition coefficient (Wildman–Crippen LogP) is 2.42. The van der Waals surface area contributed by atoms with E-state index in [4.69, 9.17) is 0 Å². The number of non-ortho nitro benzene ring substituents is 1. The monoisotopic (exact) mass is 226 g/mol. The van der Waals surface area contributed by atoms with Crippen LogP contribution in [0, 0.1) is 10.1 Å². The van der Waals surface area contributed by atoms with Crippen molar-refractivity contribution in [1.29, 1.82) is 0 Å². The largest absolute Gasteiger partial charge is 0.347 e. The van der Waals surface area contributed by atoms with Gasteiger partial charge < -0.3 is 5.32 Å². The van der Waals surface area contributed by atoms with Gasteiger partial charge in [0.2, 0.25) is 0 Å². The van der Waals surface area contributed by atoms with E-state index in [1.807, 2.05) is 6.92 Å². The fourth-order valence-electron chi connectivity index (χ4n) is 0.923. The van der Waals surface area contributed by atoms with Crippen molar-refractivity contribution in [1.82, 2.24) is 5.32 Å². The summed E-state index contributed by atoms with van der Waals surface area (Å²) in [5, 5.41) is 12.8. The van der Waals surface area contributed by atoms with E-state index in [0.717, 1.165) is 11.8 Å². The van der Waals surface area contributed by atoms with E-state index in [0.29, 0.717) is 11.4 Å². The molecule has 0 bridgehead atoms. The van der Waals surface area contributed by atoms with Gasteiger partial charge in [-0.2, -0.15) is 0 Å². The smallest absolute Gasteiger partial charge is 0.283 e. The van der Waals surface area contributed by atoms with Crippen LogP contribution in [0.15, 0.2) is 29.2 Å². The van der Waals surface area contributed by atoms with Gasteiger partial charge >= 0.3 is 0 Å². The van der Waals surface area contributed by atoms with Crippen molar-refractivity contribution in [3.63, 3.8) is 0 Å². The molecule has 0 fully saturated rings. The molecule has 15 heavy (non-hydrogen) atoms. The van der Waals surface area contributed by atoms with E-state index in [1.165, 1.54) is 12.1 Å². The second-order valence-electron chi connectivity index (χ2n) is 2.67. The molecule has 1 N–H and O–H groups in total. The Morgan fingerprint density at radius 1 is 1.47 bits per heavy atom. The molecule has 1 rings (SSSR count). The number of rotatable bonds is 3. The van der Waals surface area contributed by atoms with Gasteiger partial charge in [-0.1, -0.05) is 0 Å². The molecular weight excluding hydrogens is 216 g/mol. The topological polar surface area (TPSA) is 72.2 Å². The Kier molecular flexibility index (Phi) is 4.11. The summed E-state index contributed by atoms with van der Waals surface area (Å²) >= 11 is 1.02. The lowest BCUT2D eigenvalue weighted by Gasteiger charge is -2.00. The summed E-state index contributed by atoms with van der Waals surface area (Å²) in [6.45, 7) is 2.40. The highest BCUT2D eigenvalue weighted by Crippen LogP contribution is 2.21. The molecule has 0 aliphatic carbocycles. The van der Waals surface area contributed by atoms with E-state index < -0.39 is 4.92 Å². The Hall–Kier alpha value is -1.56. The molecule has 1 aromatic carbocycles. The van der Waals surface area contributed by atoms with Crippen molar-refractivity contribution < 1.29 is 9.72 Å². The number of nitrogens with one attached hydrogen (secondary N) is 1. The van der Waals surface area contributed by atoms with Crippen molar-refractivity contribution in [2.24, 2.45) is 0 Å². The van der Waals surface area contributed by atoms with Crippen LogP contribution >= 0.6 is 11.8 Å². The Labute approximate surface area is 91.0 Å². The number of carbonyl (C=O) groups is 1. The standard InChI is InChI=1S/C9H10N2O3S/c1-2-10-9(12)15-8-5-3-7(4-6-8)11(13)14/h3-6H,2H2,1H3,(H,10,12). The minimum atomic E-state index is -0.472. The van der Waals surface area contributed by atoms with Crippen molar-refractivity contribution >= 4 is 22.7 Å². The summed E-state index contributed by atoms with van der Waals surface area (Å²) in [5.74, 6) is 0. The number of nitrogens with zero attached hydrogens (tertiary/aromatic N) is 1. The molecule has 0 aliphatic rings. The van der Waals surface area contributed by atoms with E-state index in [-0.39, 0.29) is 10.9 Å². The van der Waals surface area contributed by atoms with Gasteiger partial charge in [0.15, 0.2) is 0 Å². The highest BCUT2D eigenvalue weighted by atomic mass is 32.2. The van der Waals surface area contributed by atoms with E-state index in [1.54, 1.807) is 12.1 Å². The minimum Gasteiger partial charge on any atom is -0.347 e. The van der Waals surface area contributed by atoms with Crippen LogP contribution in [-0.2, 0) is 0 Å². The van der Waals surface area contributed by atoms with E-state index in [2.05, 4.69) is 5.32 Å². The van der Waals surface area contributed by atoms with E-state index >= 15 is 0 Å². The van der Waals surface area contributed by atoms with Gasteiger partial charge in [-0.15, -0.1) is 0 Å². The summed E-state index contributed by atoms with van der Waals surface area (Å²) in [6.07, 6.45) is 0. The van der Waals surface area contributed by atoms with Crippen LogP contribution in [0.1, 0.15) is 6.92 Å². The summed E-state index contributed by atoms with van der Waals surface area (Å²) in [4.78, 5) is 21.7. The van der Waals surface area contributed by atoms with Crippen LogP contribution in [-0.4, -0.2) is 16.7 Å². The van der Waals surface area contributed by atoms with E-state index in [9.17, 15) is 14.9 Å². The highest BCUT2D eigenvalue weighted by molar-refractivity contribution is 8.13. The Balaban J connectivity index is 2.64. The number of amides is 1. The third kappa shape index (κ3) is 3.59. The number of nitro benzene ring substituents is 1. The maximum atomic E-state index is 11.1. The van der Waals surface area contributed by atoms with Crippen molar-refractivity contribution in [3.8, 4) is 0 Å². The number of hydrogen-bond acceptors (Lipinski definition) is 4. The molecule has 1 aromatic rings. The van der Waals surface area contributed by atoms with Gasteiger partial charge in [0, 0.05) is 23.6 Å². The summed E-state index contributed by atoms with van der Waals surface area (Å²) in [7, 11) is 0. The van der Waals surface area contributed by atoms with Crippen LogP contribution in [0.4, 0.5) is 10.5 Å². The number of hydrogen-bond donors (Lipinski definition) is 1. The Bertz CT molecular complexity index is 364. The lowest BCUT2D eigenvalue weighted by Crippen LogP contribution is -2.16. The first kappa shape index (κ1) is 11.5. The van der Waals surface area contributed by atoms with Crippen LogP contribution < -0.4 is 5.32 Å². The Morgan fingerprint density at radius 3 is 2.53 bits per heavy atom. The predicted molar refractivity (Wildman–Crippen MR) is 58.0 cm³/mol. The van der Waals surface area contributed by atoms with Gasteiger partial charge in [0.1, 0.15) is 0 Å². The first-order valence-corrected chi connectivity index (χ1v) is 5.15. The second-order valence-corrected chi connectivity index (χ2v) is 3.72. The minimum absolute atomic E-state index is 0.0234. The van der Waals surface area contributed by atoms with Gasteiger partial charge in [0.05, 0.1) is 4.92 Å². The van der Waals surface area contributed by atoms with Gasteiger partial charge in [-0.05, 0) is 30.8 Å². The van der Waals surface area contributed by atoms with Crippen LogP contribution in [0.2, 0.25) is 0 Å². The highest BCUT2D eigenvalue weighted by Gasteiger charge is 2.06. The summed E-state index contributed by atoms with van der Waals surface area (Å²) < 4.78 is 0. The first-order chi connectivity index (χ1) is 7.13. The van der Waals surface area contributed by atoms with Crippen molar-refractivity contribution in [3.05, 3.63) is 34.4 Å². The molecule has 0 saturated heterocycles. The number of nitro groups is 1. The molecule has 0 atom stereocenters. The normalized spacial score (nSPS) is 9.67. The molecule has 0 unspecified atom stereocenters. The zero-order valence-corrected chi connectivity index (χ0v) is 8.91. The molecular formula is C9H10N2O3S.